The molecule has 2 rings (SSSR count). The summed E-state index contributed by atoms with van der Waals surface area (Å²) in [6.07, 6.45) is 2.64. The Bertz CT molecular complexity index is 346. The van der Waals surface area contributed by atoms with E-state index in [2.05, 4.69) is 36.5 Å². The molecule has 0 bridgehead atoms. The SMILES string of the molecule is Cc1cccc(CC2CCC(=O)N2)c1. The molecule has 1 aliphatic heterocycles. The second-order valence-electron chi connectivity index (χ2n) is 4.00. The third-order valence-electron chi connectivity index (χ3n) is 2.65. The molecule has 1 heterocycles. The van der Waals surface area contributed by atoms with Gasteiger partial charge in [-0.05, 0) is 25.3 Å². The smallest absolute Gasteiger partial charge is 0.220 e. The third kappa shape index (κ3) is 2.13. The predicted octanol–water partition coefficient (Wildman–Crippen LogP) is 1.82. The van der Waals surface area contributed by atoms with Gasteiger partial charge in [0.2, 0.25) is 5.91 Å². The summed E-state index contributed by atoms with van der Waals surface area (Å²) in [7, 11) is 0. The molecule has 1 unspecified atom stereocenters. The van der Waals surface area contributed by atoms with Crippen molar-refractivity contribution in [2.24, 2.45) is 0 Å². The van der Waals surface area contributed by atoms with Crippen molar-refractivity contribution in [3.8, 4) is 0 Å². The van der Waals surface area contributed by atoms with Gasteiger partial charge in [-0.25, -0.2) is 0 Å². The van der Waals surface area contributed by atoms with Crippen LogP contribution in [-0.2, 0) is 11.2 Å². The third-order valence-corrected chi connectivity index (χ3v) is 2.65. The highest BCUT2D eigenvalue weighted by molar-refractivity contribution is 5.78. The number of nitrogens with one attached hydrogen (secondary N) is 1. The molecule has 0 saturated carbocycles. The fraction of sp³-hybridized carbons (Fsp3) is 0.417. The van der Waals surface area contributed by atoms with Gasteiger partial charge in [0, 0.05) is 12.5 Å². The van der Waals surface area contributed by atoms with E-state index in [-0.39, 0.29) is 5.91 Å². The number of rotatable bonds is 2. The van der Waals surface area contributed by atoms with E-state index >= 15 is 0 Å². The zero-order chi connectivity index (χ0) is 9.97. The van der Waals surface area contributed by atoms with Crippen LogP contribution in [0.4, 0.5) is 0 Å². The molecule has 1 saturated heterocycles. The average molecular weight is 189 g/mol. The molecule has 1 amide bonds. The van der Waals surface area contributed by atoms with Crippen LogP contribution >= 0.6 is 0 Å². The molecule has 1 atom stereocenters. The van der Waals surface area contributed by atoms with Crippen LogP contribution in [0.1, 0.15) is 24.0 Å². The summed E-state index contributed by atoms with van der Waals surface area (Å²) < 4.78 is 0. The van der Waals surface area contributed by atoms with E-state index in [1.54, 1.807) is 0 Å². The molecular formula is C12H15NO. The normalized spacial score (nSPS) is 20.9. The summed E-state index contributed by atoms with van der Waals surface area (Å²) in [5.41, 5.74) is 2.60. The van der Waals surface area contributed by atoms with Crippen LogP contribution in [0.3, 0.4) is 0 Å². The summed E-state index contributed by atoms with van der Waals surface area (Å²) in [5.74, 6) is 0.197. The number of aryl methyl sites for hydroxylation is 1. The van der Waals surface area contributed by atoms with Crippen molar-refractivity contribution in [3.63, 3.8) is 0 Å². The van der Waals surface area contributed by atoms with E-state index in [9.17, 15) is 4.79 Å². The maximum atomic E-state index is 11.0. The van der Waals surface area contributed by atoms with Gasteiger partial charge >= 0.3 is 0 Å². The molecule has 14 heavy (non-hydrogen) atoms. The Kier molecular flexibility index (Phi) is 2.53. The molecule has 1 aromatic carbocycles. The minimum absolute atomic E-state index is 0.197. The van der Waals surface area contributed by atoms with Gasteiger partial charge in [-0.3, -0.25) is 4.79 Å². The molecule has 1 aromatic rings. The van der Waals surface area contributed by atoms with E-state index in [0.29, 0.717) is 12.5 Å². The van der Waals surface area contributed by atoms with Gasteiger partial charge < -0.3 is 5.32 Å². The minimum Gasteiger partial charge on any atom is -0.353 e. The number of hydrogen-bond donors (Lipinski definition) is 1. The topological polar surface area (TPSA) is 29.1 Å². The molecule has 1 aliphatic rings. The Labute approximate surface area is 84.3 Å². The van der Waals surface area contributed by atoms with E-state index in [4.69, 9.17) is 0 Å². The number of hydrogen-bond acceptors (Lipinski definition) is 1. The van der Waals surface area contributed by atoms with Crippen molar-refractivity contribution in [3.05, 3.63) is 35.4 Å². The summed E-state index contributed by atoms with van der Waals surface area (Å²) in [6, 6.07) is 8.82. The van der Waals surface area contributed by atoms with Crippen molar-refractivity contribution < 1.29 is 4.79 Å². The lowest BCUT2D eigenvalue weighted by molar-refractivity contribution is -0.119. The van der Waals surface area contributed by atoms with Crippen LogP contribution in [-0.4, -0.2) is 11.9 Å². The quantitative estimate of drug-likeness (QED) is 0.755. The van der Waals surface area contributed by atoms with Gasteiger partial charge in [0.1, 0.15) is 0 Å². The van der Waals surface area contributed by atoms with Crippen molar-refractivity contribution in [2.75, 3.05) is 0 Å². The molecule has 0 aliphatic carbocycles. The highest BCUT2D eigenvalue weighted by Crippen LogP contribution is 2.13. The zero-order valence-corrected chi connectivity index (χ0v) is 8.42. The van der Waals surface area contributed by atoms with Crippen LogP contribution in [0, 0.1) is 6.92 Å². The number of amides is 1. The fourth-order valence-corrected chi connectivity index (χ4v) is 1.95. The van der Waals surface area contributed by atoms with Gasteiger partial charge in [0.05, 0.1) is 0 Å². The van der Waals surface area contributed by atoms with Crippen LogP contribution in [0.2, 0.25) is 0 Å². The Hall–Kier alpha value is -1.31. The van der Waals surface area contributed by atoms with Gasteiger partial charge in [0.25, 0.3) is 0 Å². The van der Waals surface area contributed by atoms with Gasteiger partial charge in [-0.1, -0.05) is 29.8 Å². The molecule has 74 valence electrons. The monoisotopic (exact) mass is 189 g/mol. The summed E-state index contributed by atoms with van der Waals surface area (Å²) >= 11 is 0. The molecular weight excluding hydrogens is 174 g/mol. The molecule has 0 radical (unpaired) electrons. The Morgan fingerprint density at radius 3 is 3.00 bits per heavy atom. The highest BCUT2D eigenvalue weighted by Gasteiger charge is 2.20. The lowest BCUT2D eigenvalue weighted by atomic mass is 10.0. The minimum atomic E-state index is 0.197. The van der Waals surface area contributed by atoms with Gasteiger partial charge in [-0.2, -0.15) is 0 Å². The first-order chi connectivity index (χ1) is 6.74. The van der Waals surface area contributed by atoms with Gasteiger partial charge in [-0.15, -0.1) is 0 Å². The predicted molar refractivity (Wildman–Crippen MR) is 56.0 cm³/mol. The molecule has 0 spiro atoms. The van der Waals surface area contributed by atoms with Crippen LogP contribution < -0.4 is 5.32 Å². The summed E-state index contributed by atoms with van der Waals surface area (Å²) in [6.45, 7) is 2.09. The van der Waals surface area contributed by atoms with Crippen molar-refractivity contribution in [2.45, 2.75) is 32.2 Å². The fourth-order valence-electron chi connectivity index (χ4n) is 1.95. The maximum absolute atomic E-state index is 11.0. The first kappa shape index (κ1) is 9.25. The van der Waals surface area contributed by atoms with Gasteiger partial charge in [0.15, 0.2) is 0 Å². The molecule has 1 fully saturated rings. The molecule has 2 heteroatoms. The molecule has 1 N–H and O–H groups in total. The van der Waals surface area contributed by atoms with E-state index < -0.39 is 0 Å². The summed E-state index contributed by atoms with van der Waals surface area (Å²) in [5, 5.41) is 2.98. The van der Waals surface area contributed by atoms with Crippen LogP contribution in [0.5, 0.6) is 0 Å². The van der Waals surface area contributed by atoms with Crippen molar-refractivity contribution in [1.29, 1.82) is 0 Å². The van der Waals surface area contributed by atoms with Crippen molar-refractivity contribution >= 4 is 5.91 Å². The standard InChI is InChI=1S/C12H15NO/c1-9-3-2-4-10(7-9)8-11-5-6-12(14)13-11/h2-4,7,11H,5-6,8H2,1H3,(H,13,14). The largest absolute Gasteiger partial charge is 0.353 e. The van der Waals surface area contributed by atoms with Crippen LogP contribution in [0.15, 0.2) is 24.3 Å². The maximum Gasteiger partial charge on any atom is 0.220 e. The number of carbonyl (C=O) groups excluding carboxylic acids is 1. The second-order valence-corrected chi connectivity index (χ2v) is 4.00. The Balaban J connectivity index is 2.00. The zero-order valence-electron chi connectivity index (χ0n) is 8.42. The Morgan fingerprint density at radius 1 is 1.50 bits per heavy atom. The van der Waals surface area contributed by atoms with Crippen LogP contribution in [0.25, 0.3) is 0 Å². The number of benzene rings is 1. The lowest BCUT2D eigenvalue weighted by Gasteiger charge is -2.09. The molecule has 2 nitrogen and oxygen atoms in total. The number of carbonyl (C=O) groups is 1. The summed E-state index contributed by atoms with van der Waals surface area (Å²) in [4.78, 5) is 11.0. The molecule has 0 aromatic heterocycles. The van der Waals surface area contributed by atoms with E-state index in [1.165, 1.54) is 11.1 Å². The average Bonchev–Trinajstić information content (AvgIpc) is 2.51. The first-order valence-corrected chi connectivity index (χ1v) is 5.09. The first-order valence-electron chi connectivity index (χ1n) is 5.09. The lowest BCUT2D eigenvalue weighted by Crippen LogP contribution is -2.27. The van der Waals surface area contributed by atoms with E-state index in [0.717, 1.165) is 12.8 Å². The van der Waals surface area contributed by atoms with E-state index in [1.807, 2.05) is 0 Å². The van der Waals surface area contributed by atoms with Crippen molar-refractivity contribution in [1.82, 2.24) is 5.32 Å². The second kappa shape index (κ2) is 3.82. The Morgan fingerprint density at radius 2 is 2.36 bits per heavy atom. The highest BCUT2D eigenvalue weighted by atomic mass is 16.1.